The van der Waals surface area contributed by atoms with Gasteiger partial charge in [-0.3, -0.25) is 4.79 Å². The van der Waals surface area contributed by atoms with E-state index in [1.54, 1.807) is 20.8 Å². The highest BCUT2D eigenvalue weighted by atomic mass is 19.1. The van der Waals surface area contributed by atoms with E-state index < -0.39 is 41.5 Å². The van der Waals surface area contributed by atoms with Crippen molar-refractivity contribution in [2.45, 2.75) is 44.9 Å². The number of anilines is 1. The maximum absolute atomic E-state index is 13.4. The van der Waals surface area contributed by atoms with Gasteiger partial charge in [-0.15, -0.1) is 0 Å². The van der Waals surface area contributed by atoms with Crippen molar-refractivity contribution in [2.24, 2.45) is 0 Å². The Morgan fingerprint density at radius 2 is 2.08 bits per heavy atom. The predicted molar refractivity (Wildman–Crippen MR) is 89.2 cm³/mol. The Morgan fingerprint density at radius 1 is 1.38 bits per heavy atom. The van der Waals surface area contributed by atoms with Crippen LogP contribution in [0.2, 0.25) is 0 Å². The van der Waals surface area contributed by atoms with E-state index in [-0.39, 0.29) is 12.2 Å². The predicted octanol–water partition coefficient (Wildman–Crippen LogP) is 1.98. The van der Waals surface area contributed by atoms with Crippen molar-refractivity contribution in [3.05, 3.63) is 24.0 Å². The van der Waals surface area contributed by atoms with Gasteiger partial charge < -0.3 is 24.8 Å². The maximum Gasteiger partial charge on any atom is 0.408 e. The lowest BCUT2D eigenvalue weighted by Gasteiger charge is -2.28. The van der Waals surface area contributed by atoms with Crippen LogP contribution in [0, 0.1) is 5.82 Å². The van der Waals surface area contributed by atoms with Crippen LogP contribution < -0.4 is 15.4 Å². The van der Waals surface area contributed by atoms with Crippen LogP contribution in [0.3, 0.4) is 0 Å². The van der Waals surface area contributed by atoms with Gasteiger partial charge in [0.1, 0.15) is 23.2 Å². The van der Waals surface area contributed by atoms with Crippen LogP contribution in [-0.4, -0.2) is 42.8 Å². The summed E-state index contributed by atoms with van der Waals surface area (Å²) in [7, 11) is 1.15. The topological polar surface area (TPSA) is 103 Å². The molecular formula is C17H21FN2O6. The molecule has 0 fully saturated rings. The van der Waals surface area contributed by atoms with Gasteiger partial charge in [0.15, 0.2) is 6.10 Å². The zero-order chi connectivity index (χ0) is 19.5. The standard InChI is InChI=1S/C17H21FN2O6/c1-17(2,3)26-16(23)20-11(15(22)24-4)8-13-14(21)19-10-6-5-9(18)7-12(10)25-13/h5-7,11,13H,8H2,1-4H3,(H,19,21)(H,20,23)/t11-,13-/m0/s1. The van der Waals surface area contributed by atoms with Crippen LogP contribution >= 0.6 is 0 Å². The molecule has 9 heteroatoms. The first-order chi connectivity index (χ1) is 12.1. The molecule has 2 amide bonds. The van der Waals surface area contributed by atoms with Crippen molar-refractivity contribution >= 4 is 23.7 Å². The van der Waals surface area contributed by atoms with Gasteiger partial charge in [0.05, 0.1) is 12.8 Å². The molecule has 1 aromatic rings. The number of fused-ring (bicyclic) bond motifs is 1. The first-order valence-corrected chi connectivity index (χ1v) is 7.93. The van der Waals surface area contributed by atoms with Gasteiger partial charge in [-0.25, -0.2) is 14.0 Å². The SMILES string of the molecule is COC(=O)[C@H](C[C@@H]1Oc2cc(F)ccc2NC1=O)NC(=O)OC(C)(C)C. The third kappa shape index (κ3) is 5.08. The lowest BCUT2D eigenvalue weighted by Crippen LogP contribution is -2.49. The van der Waals surface area contributed by atoms with Crippen LogP contribution in [0.25, 0.3) is 0 Å². The fraction of sp³-hybridized carbons (Fsp3) is 0.471. The van der Waals surface area contributed by atoms with E-state index in [4.69, 9.17) is 9.47 Å². The molecule has 0 saturated heterocycles. The Kier molecular flexibility index (Phi) is 5.69. The molecule has 1 heterocycles. The van der Waals surface area contributed by atoms with E-state index in [2.05, 4.69) is 15.4 Å². The molecule has 142 valence electrons. The number of amides is 2. The fourth-order valence-electron chi connectivity index (χ4n) is 2.29. The Hall–Kier alpha value is -2.84. The molecule has 1 aromatic carbocycles. The van der Waals surface area contributed by atoms with Crippen LogP contribution in [0.4, 0.5) is 14.9 Å². The number of carbonyl (C=O) groups is 3. The van der Waals surface area contributed by atoms with Crippen LogP contribution in [0.15, 0.2) is 18.2 Å². The second kappa shape index (κ2) is 7.59. The molecule has 0 radical (unpaired) electrons. The third-order valence-electron chi connectivity index (χ3n) is 3.39. The molecule has 1 aliphatic heterocycles. The summed E-state index contributed by atoms with van der Waals surface area (Å²) in [6, 6.07) is 2.50. The van der Waals surface area contributed by atoms with Gasteiger partial charge in [-0.1, -0.05) is 0 Å². The van der Waals surface area contributed by atoms with Gasteiger partial charge in [0.2, 0.25) is 0 Å². The number of nitrogens with one attached hydrogen (secondary N) is 2. The molecular weight excluding hydrogens is 347 g/mol. The molecule has 2 N–H and O–H groups in total. The van der Waals surface area contributed by atoms with Gasteiger partial charge in [0, 0.05) is 12.5 Å². The van der Waals surface area contributed by atoms with Crippen molar-refractivity contribution in [2.75, 3.05) is 12.4 Å². The van der Waals surface area contributed by atoms with Crippen LogP contribution in [0.5, 0.6) is 5.75 Å². The molecule has 0 aromatic heterocycles. The molecule has 8 nitrogen and oxygen atoms in total. The largest absolute Gasteiger partial charge is 0.478 e. The average molecular weight is 368 g/mol. The third-order valence-corrected chi connectivity index (χ3v) is 3.39. The molecule has 26 heavy (non-hydrogen) atoms. The Morgan fingerprint density at radius 3 is 2.69 bits per heavy atom. The number of methoxy groups -OCH3 is 1. The molecule has 0 aliphatic carbocycles. The first-order valence-electron chi connectivity index (χ1n) is 7.93. The maximum atomic E-state index is 13.4. The van der Waals surface area contributed by atoms with E-state index >= 15 is 0 Å². The summed E-state index contributed by atoms with van der Waals surface area (Å²) in [4.78, 5) is 36.1. The number of benzene rings is 1. The van der Waals surface area contributed by atoms with Crippen molar-refractivity contribution < 1.29 is 33.0 Å². The zero-order valence-corrected chi connectivity index (χ0v) is 14.9. The number of hydrogen-bond acceptors (Lipinski definition) is 6. The quantitative estimate of drug-likeness (QED) is 0.788. The Labute approximate surface area is 150 Å². The summed E-state index contributed by atoms with van der Waals surface area (Å²) in [5.41, 5.74) is -0.442. The summed E-state index contributed by atoms with van der Waals surface area (Å²) in [6.07, 6.45) is -2.17. The van der Waals surface area contributed by atoms with Gasteiger partial charge >= 0.3 is 12.1 Å². The van der Waals surface area contributed by atoms with E-state index in [9.17, 15) is 18.8 Å². The van der Waals surface area contributed by atoms with E-state index in [1.807, 2.05) is 0 Å². The smallest absolute Gasteiger partial charge is 0.408 e. The Bertz CT molecular complexity index is 716. The monoisotopic (exact) mass is 368 g/mol. The van der Waals surface area contributed by atoms with E-state index in [0.717, 1.165) is 13.2 Å². The first kappa shape index (κ1) is 19.5. The minimum Gasteiger partial charge on any atom is -0.478 e. The minimum absolute atomic E-state index is 0.135. The second-order valence-corrected chi connectivity index (χ2v) is 6.69. The summed E-state index contributed by atoms with van der Waals surface area (Å²) in [5, 5.41) is 4.92. The minimum atomic E-state index is -1.18. The van der Waals surface area contributed by atoms with Crippen molar-refractivity contribution in [1.82, 2.24) is 5.32 Å². The molecule has 0 spiro atoms. The highest BCUT2D eigenvalue weighted by molar-refractivity contribution is 5.98. The van der Waals surface area contributed by atoms with Crippen LogP contribution in [0.1, 0.15) is 27.2 Å². The molecule has 0 saturated carbocycles. The summed E-state index contributed by atoms with van der Waals surface area (Å²) in [5.74, 6) is -1.69. The van der Waals surface area contributed by atoms with Crippen LogP contribution in [-0.2, 0) is 19.1 Å². The van der Waals surface area contributed by atoms with E-state index in [0.29, 0.717) is 5.69 Å². The lowest BCUT2D eigenvalue weighted by atomic mass is 10.1. The zero-order valence-electron chi connectivity index (χ0n) is 14.9. The molecule has 0 unspecified atom stereocenters. The highest BCUT2D eigenvalue weighted by Gasteiger charge is 2.35. The number of alkyl carbamates (subject to hydrolysis) is 1. The number of esters is 1. The summed E-state index contributed by atoms with van der Waals surface area (Å²) >= 11 is 0. The van der Waals surface area contributed by atoms with Gasteiger partial charge in [-0.2, -0.15) is 0 Å². The average Bonchev–Trinajstić information content (AvgIpc) is 2.52. The number of halogens is 1. The second-order valence-electron chi connectivity index (χ2n) is 6.69. The molecule has 1 aliphatic rings. The normalized spacial score (nSPS) is 17.3. The lowest BCUT2D eigenvalue weighted by molar-refractivity contribution is -0.144. The van der Waals surface area contributed by atoms with Crippen molar-refractivity contribution in [3.8, 4) is 5.75 Å². The van der Waals surface area contributed by atoms with E-state index in [1.165, 1.54) is 12.1 Å². The number of hydrogen-bond donors (Lipinski definition) is 2. The van der Waals surface area contributed by atoms with Gasteiger partial charge in [-0.05, 0) is 32.9 Å². The number of carbonyl (C=O) groups excluding carboxylic acids is 3. The van der Waals surface area contributed by atoms with Crippen molar-refractivity contribution in [3.63, 3.8) is 0 Å². The number of ether oxygens (including phenoxy) is 3. The fourth-order valence-corrected chi connectivity index (χ4v) is 2.29. The van der Waals surface area contributed by atoms with Gasteiger partial charge in [0.25, 0.3) is 5.91 Å². The molecule has 2 atom stereocenters. The molecule has 0 bridgehead atoms. The summed E-state index contributed by atoms with van der Waals surface area (Å²) in [6.45, 7) is 5.01. The Balaban J connectivity index is 2.11. The molecule has 2 rings (SSSR count). The number of rotatable bonds is 4. The summed E-state index contributed by atoms with van der Waals surface area (Å²) < 4.78 is 28.6. The van der Waals surface area contributed by atoms with Crippen molar-refractivity contribution in [1.29, 1.82) is 0 Å². The highest BCUT2D eigenvalue weighted by Crippen LogP contribution is 2.31.